The highest BCUT2D eigenvalue weighted by Crippen LogP contribution is 2.40. The van der Waals surface area contributed by atoms with E-state index in [0.29, 0.717) is 81.1 Å². The van der Waals surface area contributed by atoms with Crippen LogP contribution in [0.3, 0.4) is 0 Å². The average molecular weight is 1130 g/mol. The first kappa shape index (κ1) is 56.5. The van der Waals surface area contributed by atoms with E-state index >= 15 is 0 Å². The lowest BCUT2D eigenvalue weighted by molar-refractivity contribution is -0.209. The predicted octanol–water partition coefficient (Wildman–Crippen LogP) is 5.32. The molecule has 3 aromatic carbocycles. The maximum absolute atomic E-state index is 10.4. The number of hydrogen-bond acceptors (Lipinski definition) is 18. The molecule has 9 rings (SSSR count). The lowest BCUT2D eigenvalue weighted by Crippen LogP contribution is -2.50. The number of rotatable bonds is 11. The van der Waals surface area contributed by atoms with Gasteiger partial charge in [-0.25, -0.2) is 15.0 Å². The van der Waals surface area contributed by atoms with Crippen LogP contribution in [0.4, 0.5) is 17.8 Å². The highest BCUT2D eigenvalue weighted by Gasteiger charge is 2.46. The summed E-state index contributed by atoms with van der Waals surface area (Å²) in [7, 11) is 0. The Morgan fingerprint density at radius 3 is 1.06 bits per heavy atom. The number of hydrogen-bond donors (Lipinski definition) is 12. The van der Waals surface area contributed by atoms with Crippen molar-refractivity contribution in [3.63, 3.8) is 0 Å². The zero-order valence-corrected chi connectivity index (χ0v) is 44.0. The molecule has 0 spiro atoms. The Balaban J connectivity index is 0.000000158. The van der Waals surface area contributed by atoms with E-state index in [-0.39, 0.29) is 24.7 Å². The van der Waals surface area contributed by atoms with Crippen LogP contribution < -0.4 is 16.0 Å². The molecule has 0 aliphatic carbocycles. The van der Waals surface area contributed by atoms with Crippen LogP contribution in [-0.4, -0.2) is 167 Å². The van der Waals surface area contributed by atoms with Crippen molar-refractivity contribution < 1.29 is 60.2 Å². The standard InChI is InChI=1S/3C15H19Cl2N3O4/c1-6(2)18-15-19-9-3-7(16)8(17)4-10(9)20(15)14-13(23)12(22)11(21)5-24-14;2*1-6(2)18-15-19-9-3-7(16)8(17)4-10(9)20(15)14-13(23)12(22)11(5-21)24-14/h3*3-4,6,11-14,21-23H,5H2,1-2H3,(H,18,19)/t;11-,12-,13-,14-;/m.0./s1. The number of ether oxygens (including phenoxy) is 3. The molecule has 396 valence electrons. The van der Waals surface area contributed by atoms with Crippen LogP contribution >= 0.6 is 69.6 Å². The molecule has 3 fully saturated rings. The van der Waals surface area contributed by atoms with Crippen molar-refractivity contribution >= 4 is 121 Å². The Morgan fingerprint density at radius 1 is 0.472 bits per heavy atom. The fourth-order valence-corrected chi connectivity index (χ4v) is 9.28. The largest absolute Gasteiger partial charge is 0.394 e. The van der Waals surface area contributed by atoms with E-state index in [1.165, 1.54) is 0 Å². The number of halogens is 6. The number of anilines is 3. The van der Waals surface area contributed by atoms with Gasteiger partial charge in [0.05, 0.1) is 83.1 Å². The smallest absolute Gasteiger partial charge is 0.206 e. The van der Waals surface area contributed by atoms with Crippen molar-refractivity contribution in [3.8, 4) is 0 Å². The van der Waals surface area contributed by atoms with Gasteiger partial charge in [0.25, 0.3) is 0 Å². The first-order chi connectivity index (χ1) is 33.9. The van der Waals surface area contributed by atoms with Gasteiger partial charge in [-0.2, -0.15) is 0 Å². The van der Waals surface area contributed by atoms with Gasteiger partial charge in [-0.05, 0) is 77.9 Å². The van der Waals surface area contributed by atoms with Gasteiger partial charge in [-0.3, -0.25) is 13.7 Å². The number of benzene rings is 3. The highest BCUT2D eigenvalue weighted by atomic mass is 35.5. The maximum Gasteiger partial charge on any atom is 0.206 e. The molecule has 12 atom stereocenters. The van der Waals surface area contributed by atoms with Crippen LogP contribution in [0, 0.1) is 0 Å². The molecule has 6 aromatic rings. The number of aliphatic hydroxyl groups excluding tert-OH is 9. The predicted molar refractivity (Wildman–Crippen MR) is 275 cm³/mol. The Kier molecular flexibility index (Phi) is 18.3. The second-order valence-corrected chi connectivity index (χ2v) is 20.8. The van der Waals surface area contributed by atoms with Gasteiger partial charge in [-0.15, -0.1) is 0 Å². The van der Waals surface area contributed by atoms with Gasteiger partial charge in [0.1, 0.15) is 54.9 Å². The maximum atomic E-state index is 10.4. The van der Waals surface area contributed by atoms with E-state index in [4.69, 9.17) is 83.8 Å². The minimum atomic E-state index is -1.33. The molecule has 21 nitrogen and oxygen atoms in total. The Hall–Kier alpha value is -3.27. The fourth-order valence-electron chi connectivity index (χ4n) is 8.33. The molecule has 8 unspecified atom stereocenters. The number of nitrogens with one attached hydrogen (secondary N) is 3. The topological polar surface area (TPSA) is 299 Å². The summed E-state index contributed by atoms with van der Waals surface area (Å²) in [6.07, 6.45) is -13.2. The second kappa shape index (κ2) is 23.3. The molecule has 0 bridgehead atoms. The van der Waals surface area contributed by atoms with Crippen molar-refractivity contribution in [2.24, 2.45) is 0 Å². The lowest BCUT2D eigenvalue weighted by Gasteiger charge is -2.36. The third-order valence-electron chi connectivity index (χ3n) is 11.7. The first-order valence-corrected chi connectivity index (χ1v) is 25.0. The Morgan fingerprint density at radius 2 is 0.764 bits per heavy atom. The fraction of sp³-hybridized carbons (Fsp3) is 0.533. The van der Waals surface area contributed by atoms with Crippen molar-refractivity contribution in [2.75, 3.05) is 35.8 Å². The quantitative estimate of drug-likeness (QED) is 0.0781. The number of aliphatic hydroxyl groups is 9. The van der Waals surface area contributed by atoms with E-state index in [2.05, 4.69) is 30.9 Å². The summed E-state index contributed by atoms with van der Waals surface area (Å²) in [5.74, 6) is 1.35. The Bertz CT molecular complexity index is 2590. The van der Waals surface area contributed by atoms with Gasteiger partial charge in [0.15, 0.2) is 18.7 Å². The van der Waals surface area contributed by atoms with E-state index in [1.807, 2.05) is 41.5 Å². The van der Waals surface area contributed by atoms with Crippen LogP contribution in [0.15, 0.2) is 36.4 Å². The lowest BCUT2D eigenvalue weighted by atomic mass is 10.0. The number of aromatic nitrogens is 6. The minimum Gasteiger partial charge on any atom is -0.394 e. The van der Waals surface area contributed by atoms with Gasteiger partial charge in [0, 0.05) is 18.1 Å². The number of fused-ring (bicyclic) bond motifs is 3. The summed E-state index contributed by atoms with van der Waals surface area (Å²) >= 11 is 36.5. The molecule has 0 amide bonds. The summed E-state index contributed by atoms with van der Waals surface area (Å²) in [4.78, 5) is 13.4. The molecular formula is C45H57Cl6N9O12. The summed E-state index contributed by atoms with van der Waals surface area (Å²) in [5.41, 5.74) is 3.52. The summed E-state index contributed by atoms with van der Waals surface area (Å²) in [6.45, 7) is 10.8. The van der Waals surface area contributed by atoms with E-state index < -0.39 is 86.8 Å². The summed E-state index contributed by atoms with van der Waals surface area (Å²) in [6, 6.07) is 9.99. The van der Waals surface area contributed by atoms with Crippen molar-refractivity contribution in [1.82, 2.24) is 28.7 Å². The molecule has 6 heterocycles. The minimum absolute atomic E-state index is 0.0720. The molecule has 12 N–H and O–H groups in total. The monoisotopic (exact) mass is 1130 g/mol. The van der Waals surface area contributed by atoms with Crippen LogP contribution in [0.25, 0.3) is 33.1 Å². The zero-order chi connectivity index (χ0) is 52.8. The number of imidazole rings is 3. The van der Waals surface area contributed by atoms with Crippen LogP contribution in [0.5, 0.6) is 0 Å². The van der Waals surface area contributed by atoms with Gasteiger partial charge in [0.2, 0.25) is 17.8 Å². The number of nitrogens with zero attached hydrogens (tertiary/aromatic N) is 6. The van der Waals surface area contributed by atoms with Crippen molar-refractivity contribution in [2.45, 2.75) is 133 Å². The highest BCUT2D eigenvalue weighted by molar-refractivity contribution is 6.43. The zero-order valence-electron chi connectivity index (χ0n) is 39.4. The molecule has 3 aliphatic rings. The van der Waals surface area contributed by atoms with Crippen molar-refractivity contribution in [3.05, 3.63) is 66.5 Å². The third kappa shape index (κ3) is 11.6. The Labute approximate surface area is 442 Å². The first-order valence-electron chi connectivity index (χ1n) is 22.8. The van der Waals surface area contributed by atoms with Gasteiger partial charge < -0.3 is 76.1 Å². The normalized spacial score (nSPS) is 27.5. The van der Waals surface area contributed by atoms with Gasteiger partial charge >= 0.3 is 0 Å². The van der Waals surface area contributed by atoms with Gasteiger partial charge in [-0.1, -0.05) is 69.6 Å². The van der Waals surface area contributed by atoms with Crippen LogP contribution in [0.1, 0.15) is 60.2 Å². The molecule has 3 aromatic heterocycles. The summed E-state index contributed by atoms with van der Waals surface area (Å²) < 4.78 is 21.7. The molecule has 72 heavy (non-hydrogen) atoms. The molecular weight excluding hydrogens is 1070 g/mol. The van der Waals surface area contributed by atoms with Crippen LogP contribution in [-0.2, 0) is 14.2 Å². The van der Waals surface area contributed by atoms with Crippen LogP contribution in [0.2, 0.25) is 30.1 Å². The van der Waals surface area contributed by atoms with E-state index in [0.717, 1.165) is 0 Å². The average Bonchev–Trinajstić information content (AvgIpc) is 4.07. The third-order valence-corrected chi connectivity index (χ3v) is 13.9. The SMILES string of the molecule is CC(C)Nc1nc2cc(Cl)c(Cl)cc2n1C1OC(CO)C(O)C1O.CC(C)Nc1nc2cc(Cl)c(Cl)cc2n1C1OCC(O)C(O)C1O.CC(C)Nc1nc2cc(Cl)c(Cl)cc2n1[C@H]1O[C@@H](CO)[C@H](O)[C@@H]1O. The summed E-state index contributed by atoms with van der Waals surface area (Å²) in [5, 5.41) is 101. The second-order valence-electron chi connectivity index (χ2n) is 18.3. The van der Waals surface area contributed by atoms with E-state index in [9.17, 15) is 46.0 Å². The molecule has 27 heteroatoms. The molecule has 3 saturated heterocycles. The molecule has 0 radical (unpaired) electrons. The van der Waals surface area contributed by atoms with E-state index in [1.54, 1.807) is 50.1 Å². The molecule has 0 saturated carbocycles. The van der Waals surface area contributed by atoms with Crippen molar-refractivity contribution in [1.29, 1.82) is 0 Å². The molecule has 3 aliphatic heterocycles.